The van der Waals surface area contributed by atoms with Crippen LogP contribution in [0.4, 0.5) is 11.4 Å². The van der Waals surface area contributed by atoms with Crippen LogP contribution in [0.2, 0.25) is 0 Å². The monoisotopic (exact) mass is 355 g/mol. The summed E-state index contributed by atoms with van der Waals surface area (Å²) in [6.07, 6.45) is 0. The normalized spacial score (nSPS) is 11.3. The van der Waals surface area contributed by atoms with Gasteiger partial charge in [-0.15, -0.1) is 0 Å². The first kappa shape index (κ1) is 14.8. The predicted octanol–water partition coefficient (Wildman–Crippen LogP) is 2.84. The van der Waals surface area contributed by atoms with Crippen LogP contribution in [0.3, 0.4) is 0 Å². The van der Waals surface area contributed by atoms with Gasteiger partial charge in [0.05, 0.1) is 16.3 Å². The van der Waals surface area contributed by atoms with Crippen LogP contribution in [0, 0.1) is 13.8 Å². The molecule has 0 unspecified atom stereocenters. The number of halogens is 1. The van der Waals surface area contributed by atoms with Gasteiger partial charge < -0.3 is 5.73 Å². The first-order valence-corrected chi connectivity index (χ1v) is 8.09. The molecule has 2 rings (SSSR count). The fourth-order valence-electron chi connectivity index (χ4n) is 1.67. The fraction of sp³-hybridized carbons (Fsp3) is 0.154. The Balaban J connectivity index is 2.38. The van der Waals surface area contributed by atoms with Gasteiger partial charge in [0.2, 0.25) is 0 Å². The van der Waals surface area contributed by atoms with Crippen molar-refractivity contribution in [3.63, 3.8) is 0 Å². The lowest BCUT2D eigenvalue weighted by Gasteiger charge is -2.11. The topological polar surface area (TPSA) is 85.1 Å². The number of hydrogen-bond donors (Lipinski definition) is 2. The number of nitrogens with one attached hydrogen (secondary N) is 1. The van der Waals surface area contributed by atoms with E-state index in [0.717, 1.165) is 5.69 Å². The summed E-state index contributed by atoms with van der Waals surface area (Å²) in [5, 5.41) is 0. The molecule has 0 fully saturated rings. The summed E-state index contributed by atoms with van der Waals surface area (Å²) in [5.74, 6) is 0. The van der Waals surface area contributed by atoms with E-state index >= 15 is 0 Å². The second kappa shape index (κ2) is 5.41. The molecule has 2 aromatic rings. The molecule has 0 amide bonds. The summed E-state index contributed by atoms with van der Waals surface area (Å²) in [6.45, 7) is 3.60. The maximum absolute atomic E-state index is 12.3. The van der Waals surface area contributed by atoms with E-state index in [1.807, 2.05) is 6.92 Å². The van der Waals surface area contributed by atoms with Gasteiger partial charge in [0.1, 0.15) is 0 Å². The van der Waals surface area contributed by atoms with E-state index in [0.29, 0.717) is 21.5 Å². The number of sulfonamides is 1. The minimum absolute atomic E-state index is 0.138. The molecule has 3 N–H and O–H groups in total. The molecular formula is C13H14BrN3O2S. The van der Waals surface area contributed by atoms with Crippen molar-refractivity contribution < 1.29 is 8.42 Å². The molecular weight excluding hydrogens is 342 g/mol. The molecule has 20 heavy (non-hydrogen) atoms. The van der Waals surface area contributed by atoms with Crippen molar-refractivity contribution in [2.45, 2.75) is 18.7 Å². The lowest BCUT2D eigenvalue weighted by molar-refractivity contribution is 0.601. The number of nitrogen functional groups attached to an aromatic ring is 1. The molecule has 0 spiro atoms. The van der Waals surface area contributed by atoms with Crippen molar-refractivity contribution in [2.24, 2.45) is 0 Å². The quantitative estimate of drug-likeness (QED) is 0.829. The molecule has 7 heteroatoms. The van der Waals surface area contributed by atoms with Gasteiger partial charge in [0, 0.05) is 15.9 Å². The molecule has 0 saturated carbocycles. The van der Waals surface area contributed by atoms with Gasteiger partial charge in [0.25, 0.3) is 10.0 Å². The summed E-state index contributed by atoms with van der Waals surface area (Å²) >= 11 is 3.22. The van der Waals surface area contributed by atoms with Crippen LogP contribution < -0.4 is 10.5 Å². The Morgan fingerprint density at radius 3 is 2.50 bits per heavy atom. The van der Waals surface area contributed by atoms with Crippen LogP contribution in [0.25, 0.3) is 0 Å². The summed E-state index contributed by atoms with van der Waals surface area (Å²) in [4.78, 5) is 4.36. The number of anilines is 2. The Kier molecular flexibility index (Phi) is 4.01. The smallest absolute Gasteiger partial charge is 0.261 e. The predicted molar refractivity (Wildman–Crippen MR) is 83.1 cm³/mol. The van der Waals surface area contributed by atoms with E-state index in [9.17, 15) is 8.42 Å². The van der Waals surface area contributed by atoms with E-state index in [2.05, 4.69) is 25.6 Å². The van der Waals surface area contributed by atoms with E-state index < -0.39 is 10.0 Å². The van der Waals surface area contributed by atoms with Gasteiger partial charge >= 0.3 is 0 Å². The second-order valence-corrected chi connectivity index (χ2v) is 6.91. The molecule has 0 atom stereocenters. The van der Waals surface area contributed by atoms with E-state index in [4.69, 9.17) is 5.73 Å². The Hall–Kier alpha value is -1.60. The van der Waals surface area contributed by atoms with Crippen LogP contribution in [-0.2, 0) is 10.0 Å². The third kappa shape index (κ3) is 3.10. The van der Waals surface area contributed by atoms with E-state index in [1.165, 1.54) is 12.1 Å². The van der Waals surface area contributed by atoms with Crippen LogP contribution in [0.5, 0.6) is 0 Å². The van der Waals surface area contributed by atoms with Gasteiger partial charge in [-0.25, -0.2) is 8.42 Å². The third-order valence-corrected chi connectivity index (χ3v) is 4.80. The zero-order valence-corrected chi connectivity index (χ0v) is 13.4. The first-order chi connectivity index (χ1) is 9.29. The summed E-state index contributed by atoms with van der Waals surface area (Å²) in [7, 11) is -3.66. The molecule has 0 saturated heterocycles. The zero-order chi connectivity index (χ0) is 14.9. The van der Waals surface area contributed by atoms with Crippen molar-refractivity contribution in [1.82, 2.24) is 4.98 Å². The zero-order valence-electron chi connectivity index (χ0n) is 11.0. The Labute approximate surface area is 126 Å². The van der Waals surface area contributed by atoms with Gasteiger partial charge in [-0.05, 0) is 60.1 Å². The van der Waals surface area contributed by atoms with Crippen LogP contribution in [-0.4, -0.2) is 13.4 Å². The molecule has 0 bridgehead atoms. The number of hydrogen-bond acceptors (Lipinski definition) is 4. The van der Waals surface area contributed by atoms with E-state index in [-0.39, 0.29) is 4.90 Å². The Morgan fingerprint density at radius 1 is 1.20 bits per heavy atom. The standard InChI is InChI=1S/C13H14BrN3O2S/c1-8-3-6-13(9(2)16-8)17-20(18,19)10-4-5-12(15)11(14)7-10/h3-7,17H,15H2,1-2H3. The highest BCUT2D eigenvalue weighted by atomic mass is 79.9. The maximum Gasteiger partial charge on any atom is 0.261 e. The van der Waals surface area contributed by atoms with Gasteiger partial charge in [0.15, 0.2) is 0 Å². The molecule has 1 aromatic heterocycles. The highest BCUT2D eigenvalue weighted by molar-refractivity contribution is 9.10. The summed E-state index contributed by atoms with van der Waals surface area (Å²) in [6, 6.07) is 7.91. The lowest BCUT2D eigenvalue weighted by Crippen LogP contribution is -2.14. The van der Waals surface area contributed by atoms with Gasteiger partial charge in [-0.2, -0.15) is 0 Å². The van der Waals surface area contributed by atoms with Crippen LogP contribution >= 0.6 is 15.9 Å². The molecule has 0 aliphatic carbocycles. The number of aromatic nitrogens is 1. The highest BCUT2D eigenvalue weighted by Gasteiger charge is 2.16. The minimum atomic E-state index is -3.66. The Morgan fingerprint density at radius 2 is 1.90 bits per heavy atom. The molecule has 1 heterocycles. The lowest BCUT2D eigenvalue weighted by atomic mass is 10.3. The first-order valence-electron chi connectivity index (χ1n) is 5.82. The van der Waals surface area contributed by atoms with E-state index in [1.54, 1.807) is 25.1 Å². The fourth-order valence-corrected chi connectivity index (χ4v) is 3.35. The van der Waals surface area contributed by atoms with Crippen molar-refractivity contribution in [3.8, 4) is 0 Å². The van der Waals surface area contributed by atoms with Crippen LogP contribution in [0.1, 0.15) is 11.4 Å². The van der Waals surface area contributed by atoms with Gasteiger partial charge in [-0.1, -0.05) is 0 Å². The SMILES string of the molecule is Cc1ccc(NS(=O)(=O)c2ccc(N)c(Br)c2)c(C)n1. The Bertz CT molecular complexity index is 760. The molecule has 0 aliphatic rings. The number of benzene rings is 1. The average molecular weight is 356 g/mol. The molecule has 1 aromatic carbocycles. The summed E-state index contributed by atoms with van der Waals surface area (Å²) in [5.41, 5.74) is 8.06. The molecule has 106 valence electrons. The minimum Gasteiger partial charge on any atom is -0.398 e. The van der Waals surface area contributed by atoms with Crippen LogP contribution in [0.15, 0.2) is 39.7 Å². The number of nitrogens with zero attached hydrogens (tertiary/aromatic N) is 1. The number of pyridine rings is 1. The summed E-state index contributed by atoms with van der Waals surface area (Å²) < 4.78 is 27.7. The average Bonchev–Trinajstić information content (AvgIpc) is 2.36. The third-order valence-electron chi connectivity index (χ3n) is 2.75. The second-order valence-electron chi connectivity index (χ2n) is 4.37. The van der Waals surface area contributed by atoms with Crippen molar-refractivity contribution in [1.29, 1.82) is 0 Å². The number of aryl methyl sites for hydroxylation is 2. The maximum atomic E-state index is 12.3. The largest absolute Gasteiger partial charge is 0.398 e. The molecule has 0 aliphatic heterocycles. The molecule has 0 radical (unpaired) electrons. The van der Waals surface area contributed by atoms with Gasteiger partial charge in [-0.3, -0.25) is 9.71 Å². The highest BCUT2D eigenvalue weighted by Crippen LogP contribution is 2.25. The number of nitrogens with two attached hydrogens (primary N) is 1. The number of rotatable bonds is 3. The van der Waals surface area contributed by atoms with Crippen molar-refractivity contribution >= 4 is 37.3 Å². The van der Waals surface area contributed by atoms with Crippen molar-refractivity contribution in [3.05, 3.63) is 46.2 Å². The van der Waals surface area contributed by atoms with Crippen molar-refractivity contribution in [2.75, 3.05) is 10.5 Å². The molecule has 5 nitrogen and oxygen atoms in total.